The molecule has 0 radical (unpaired) electrons. The van der Waals surface area contributed by atoms with Gasteiger partial charge in [-0.25, -0.2) is 0 Å². The molecule has 0 aromatic heterocycles. The number of hydrogen-bond acceptors (Lipinski definition) is 3. The number of primary amides is 1. The number of anilines is 2. The molecule has 4 heteroatoms. The molecule has 4 nitrogen and oxygen atoms in total. The molecule has 4 N–H and O–H groups in total. The van der Waals surface area contributed by atoms with Crippen molar-refractivity contribution in [1.82, 2.24) is 0 Å². The number of nitrogens with two attached hydrogens (primary N) is 2. The Labute approximate surface area is 95.2 Å². The minimum absolute atomic E-state index is 0.402. The predicted octanol–water partition coefficient (Wildman–Crippen LogP) is 1.36. The molecule has 1 aliphatic carbocycles. The Morgan fingerprint density at radius 3 is 2.62 bits per heavy atom. The second-order valence-electron chi connectivity index (χ2n) is 4.34. The summed E-state index contributed by atoms with van der Waals surface area (Å²) in [5.74, 6) is -0.402. The van der Waals surface area contributed by atoms with Crippen molar-refractivity contribution in [2.75, 3.05) is 17.7 Å². The van der Waals surface area contributed by atoms with E-state index in [4.69, 9.17) is 11.5 Å². The molecule has 1 fully saturated rings. The standard InChI is InChI=1S/C12H17N3O/c1-15(9-3-2-4-9)11-7-8(13)5-6-10(11)12(14)16/h5-7,9H,2-4,13H2,1H3,(H2,14,16). The molecule has 0 spiro atoms. The van der Waals surface area contributed by atoms with Gasteiger partial charge in [0.15, 0.2) is 0 Å². The van der Waals surface area contributed by atoms with Crippen LogP contribution < -0.4 is 16.4 Å². The largest absolute Gasteiger partial charge is 0.399 e. The smallest absolute Gasteiger partial charge is 0.250 e. The fraction of sp³-hybridized carbons (Fsp3) is 0.417. The van der Waals surface area contributed by atoms with Crippen LogP contribution in [0.2, 0.25) is 0 Å². The first-order chi connectivity index (χ1) is 7.59. The van der Waals surface area contributed by atoms with Crippen LogP contribution in [-0.2, 0) is 0 Å². The van der Waals surface area contributed by atoms with Crippen LogP contribution in [0.3, 0.4) is 0 Å². The van der Waals surface area contributed by atoms with Crippen molar-refractivity contribution < 1.29 is 4.79 Å². The van der Waals surface area contributed by atoms with E-state index in [1.807, 2.05) is 13.1 Å². The number of carbonyl (C=O) groups is 1. The molecular weight excluding hydrogens is 202 g/mol. The van der Waals surface area contributed by atoms with Gasteiger partial charge in [0.2, 0.25) is 0 Å². The molecule has 0 saturated heterocycles. The Balaban J connectivity index is 2.36. The third kappa shape index (κ3) is 1.83. The Morgan fingerprint density at radius 1 is 1.44 bits per heavy atom. The molecule has 0 aliphatic heterocycles. The zero-order chi connectivity index (χ0) is 11.7. The van der Waals surface area contributed by atoms with E-state index in [1.165, 1.54) is 19.3 Å². The minimum Gasteiger partial charge on any atom is -0.399 e. The van der Waals surface area contributed by atoms with Gasteiger partial charge >= 0.3 is 0 Å². The molecule has 0 atom stereocenters. The van der Waals surface area contributed by atoms with Gasteiger partial charge < -0.3 is 16.4 Å². The molecule has 0 unspecified atom stereocenters. The number of amides is 1. The first-order valence-electron chi connectivity index (χ1n) is 5.52. The van der Waals surface area contributed by atoms with Gasteiger partial charge in [-0.05, 0) is 37.5 Å². The Hall–Kier alpha value is -1.71. The molecule has 2 rings (SSSR count). The molecule has 1 saturated carbocycles. The SMILES string of the molecule is CN(c1cc(N)ccc1C(N)=O)C1CCC1. The fourth-order valence-corrected chi connectivity index (χ4v) is 2.02. The van der Waals surface area contributed by atoms with Crippen molar-refractivity contribution in [3.8, 4) is 0 Å². The first kappa shape index (κ1) is 10.8. The lowest BCUT2D eigenvalue weighted by molar-refractivity contribution is 0.100. The summed E-state index contributed by atoms with van der Waals surface area (Å²) >= 11 is 0. The van der Waals surface area contributed by atoms with Gasteiger partial charge in [0.05, 0.1) is 11.3 Å². The fourth-order valence-electron chi connectivity index (χ4n) is 2.02. The van der Waals surface area contributed by atoms with Crippen LogP contribution in [0.25, 0.3) is 0 Å². The van der Waals surface area contributed by atoms with Gasteiger partial charge in [-0.2, -0.15) is 0 Å². The van der Waals surface area contributed by atoms with E-state index >= 15 is 0 Å². The summed E-state index contributed by atoms with van der Waals surface area (Å²) in [7, 11) is 1.99. The zero-order valence-corrected chi connectivity index (χ0v) is 9.44. The average Bonchev–Trinajstić information content (AvgIpc) is 2.14. The van der Waals surface area contributed by atoms with Gasteiger partial charge in [-0.3, -0.25) is 4.79 Å². The summed E-state index contributed by atoms with van der Waals surface area (Å²) < 4.78 is 0. The van der Waals surface area contributed by atoms with Crippen LogP contribution in [0, 0.1) is 0 Å². The predicted molar refractivity (Wildman–Crippen MR) is 65.4 cm³/mol. The molecule has 1 aliphatic rings. The van der Waals surface area contributed by atoms with Gasteiger partial charge in [0, 0.05) is 18.8 Å². The highest BCUT2D eigenvalue weighted by atomic mass is 16.1. The lowest BCUT2D eigenvalue weighted by Gasteiger charge is -2.37. The number of benzene rings is 1. The quantitative estimate of drug-likeness (QED) is 0.754. The van der Waals surface area contributed by atoms with Crippen LogP contribution in [0.1, 0.15) is 29.6 Å². The van der Waals surface area contributed by atoms with Crippen molar-refractivity contribution in [2.45, 2.75) is 25.3 Å². The number of hydrogen-bond donors (Lipinski definition) is 2. The van der Waals surface area contributed by atoms with E-state index < -0.39 is 5.91 Å². The summed E-state index contributed by atoms with van der Waals surface area (Å²) in [6, 6.07) is 5.73. The average molecular weight is 219 g/mol. The van der Waals surface area contributed by atoms with Crippen molar-refractivity contribution in [3.63, 3.8) is 0 Å². The van der Waals surface area contributed by atoms with Crippen molar-refractivity contribution in [1.29, 1.82) is 0 Å². The van der Waals surface area contributed by atoms with E-state index in [1.54, 1.807) is 12.1 Å². The van der Waals surface area contributed by atoms with Crippen molar-refractivity contribution in [2.24, 2.45) is 5.73 Å². The first-order valence-corrected chi connectivity index (χ1v) is 5.52. The maximum atomic E-state index is 11.3. The van der Waals surface area contributed by atoms with Crippen LogP contribution in [0.5, 0.6) is 0 Å². The molecule has 1 aromatic carbocycles. The highest BCUT2D eigenvalue weighted by Crippen LogP contribution is 2.31. The van der Waals surface area contributed by atoms with E-state index in [0.29, 0.717) is 17.3 Å². The van der Waals surface area contributed by atoms with Crippen LogP contribution in [0.4, 0.5) is 11.4 Å². The maximum Gasteiger partial charge on any atom is 0.250 e. The van der Waals surface area contributed by atoms with Gasteiger partial charge in [-0.15, -0.1) is 0 Å². The maximum absolute atomic E-state index is 11.3. The third-order valence-electron chi connectivity index (χ3n) is 3.29. The minimum atomic E-state index is -0.402. The number of carbonyl (C=O) groups excluding carboxylic acids is 1. The monoisotopic (exact) mass is 219 g/mol. The summed E-state index contributed by atoms with van der Waals surface area (Å²) in [5, 5.41) is 0. The second kappa shape index (κ2) is 4.04. The van der Waals surface area contributed by atoms with Gasteiger partial charge in [0.1, 0.15) is 0 Å². The van der Waals surface area contributed by atoms with Crippen molar-refractivity contribution >= 4 is 17.3 Å². The molecule has 1 aromatic rings. The highest BCUT2D eigenvalue weighted by molar-refractivity contribution is 5.99. The van der Waals surface area contributed by atoms with Crippen molar-refractivity contribution in [3.05, 3.63) is 23.8 Å². The molecule has 0 heterocycles. The normalized spacial score (nSPS) is 15.6. The number of rotatable bonds is 3. The lowest BCUT2D eigenvalue weighted by Crippen LogP contribution is -2.38. The van der Waals surface area contributed by atoms with E-state index in [2.05, 4.69) is 4.90 Å². The van der Waals surface area contributed by atoms with Crippen LogP contribution >= 0.6 is 0 Å². The van der Waals surface area contributed by atoms with E-state index in [-0.39, 0.29) is 0 Å². The molecule has 0 bridgehead atoms. The number of nitrogen functional groups attached to an aromatic ring is 1. The summed E-state index contributed by atoms with van der Waals surface area (Å²) in [6.07, 6.45) is 3.59. The summed E-state index contributed by atoms with van der Waals surface area (Å²) in [4.78, 5) is 13.4. The van der Waals surface area contributed by atoms with E-state index in [0.717, 1.165) is 5.69 Å². The van der Waals surface area contributed by atoms with Crippen LogP contribution in [0.15, 0.2) is 18.2 Å². The molecular formula is C12H17N3O. The Bertz CT molecular complexity index is 413. The van der Waals surface area contributed by atoms with Gasteiger partial charge in [-0.1, -0.05) is 0 Å². The van der Waals surface area contributed by atoms with E-state index in [9.17, 15) is 4.79 Å². The third-order valence-corrected chi connectivity index (χ3v) is 3.29. The second-order valence-corrected chi connectivity index (χ2v) is 4.34. The lowest BCUT2D eigenvalue weighted by atomic mass is 9.91. The topological polar surface area (TPSA) is 72.3 Å². The van der Waals surface area contributed by atoms with Gasteiger partial charge in [0.25, 0.3) is 5.91 Å². The zero-order valence-electron chi connectivity index (χ0n) is 9.44. The summed E-state index contributed by atoms with van der Waals surface area (Å²) in [5.41, 5.74) is 13.2. The van der Waals surface area contributed by atoms with Crippen LogP contribution in [-0.4, -0.2) is 19.0 Å². The highest BCUT2D eigenvalue weighted by Gasteiger charge is 2.24. The molecule has 16 heavy (non-hydrogen) atoms. The number of nitrogens with zero attached hydrogens (tertiary/aromatic N) is 1. The Kier molecular flexibility index (Phi) is 2.73. The summed E-state index contributed by atoms with van der Waals surface area (Å²) in [6.45, 7) is 0. The Morgan fingerprint density at radius 2 is 2.12 bits per heavy atom. The molecule has 86 valence electrons. The molecule has 1 amide bonds.